The number of rotatable bonds is 5. The topological polar surface area (TPSA) is 51.4 Å². The van der Waals surface area contributed by atoms with Crippen molar-refractivity contribution in [1.29, 1.82) is 0 Å². The largest absolute Gasteiger partial charge is 0.384 e. The number of nitrogens with zero attached hydrogens (tertiary/aromatic N) is 2. The van der Waals surface area contributed by atoms with E-state index in [2.05, 4.69) is 9.88 Å². The van der Waals surface area contributed by atoms with Crippen molar-refractivity contribution in [3.8, 4) is 0 Å². The fourth-order valence-electron chi connectivity index (χ4n) is 1.19. The second-order valence-corrected chi connectivity index (χ2v) is 3.28. The molecule has 1 aromatic heterocycles. The molecule has 4 heteroatoms. The lowest BCUT2D eigenvalue weighted by molar-refractivity contribution is 0.158. The molecule has 0 fully saturated rings. The lowest BCUT2D eigenvalue weighted by Gasteiger charge is -2.15. The average Bonchev–Trinajstić information content (AvgIpc) is 2.15. The summed E-state index contributed by atoms with van der Waals surface area (Å²) in [6.07, 6.45) is 0. The lowest BCUT2D eigenvalue weighted by Crippen LogP contribution is -2.22. The molecule has 78 valence electrons. The van der Waals surface area contributed by atoms with Crippen molar-refractivity contribution < 1.29 is 4.74 Å². The maximum atomic E-state index is 5.58. The van der Waals surface area contributed by atoms with E-state index in [1.165, 1.54) is 0 Å². The number of nitrogen functional groups attached to an aromatic ring is 1. The van der Waals surface area contributed by atoms with Gasteiger partial charge in [-0.05, 0) is 19.2 Å². The van der Waals surface area contributed by atoms with E-state index < -0.39 is 0 Å². The summed E-state index contributed by atoms with van der Waals surface area (Å²) < 4.78 is 4.99. The van der Waals surface area contributed by atoms with E-state index in [9.17, 15) is 0 Å². The Balaban J connectivity index is 2.43. The van der Waals surface area contributed by atoms with Gasteiger partial charge in [0.05, 0.1) is 12.3 Å². The van der Waals surface area contributed by atoms with E-state index in [0.29, 0.717) is 5.82 Å². The minimum atomic E-state index is 0.572. The predicted molar refractivity (Wildman–Crippen MR) is 56.9 cm³/mol. The van der Waals surface area contributed by atoms with Crippen molar-refractivity contribution in [2.45, 2.75) is 6.54 Å². The summed E-state index contributed by atoms with van der Waals surface area (Å²) in [6, 6.07) is 5.68. The maximum Gasteiger partial charge on any atom is 0.123 e. The smallest absolute Gasteiger partial charge is 0.123 e. The molecule has 14 heavy (non-hydrogen) atoms. The monoisotopic (exact) mass is 195 g/mol. The van der Waals surface area contributed by atoms with Crippen LogP contribution in [0.3, 0.4) is 0 Å². The molecule has 2 N–H and O–H groups in total. The van der Waals surface area contributed by atoms with Crippen LogP contribution in [0.1, 0.15) is 5.69 Å². The summed E-state index contributed by atoms with van der Waals surface area (Å²) in [6.45, 7) is 2.43. The van der Waals surface area contributed by atoms with Gasteiger partial charge < -0.3 is 10.5 Å². The number of pyridine rings is 1. The minimum Gasteiger partial charge on any atom is -0.384 e. The Morgan fingerprint density at radius 2 is 2.29 bits per heavy atom. The Morgan fingerprint density at radius 3 is 2.93 bits per heavy atom. The van der Waals surface area contributed by atoms with Gasteiger partial charge in [0.2, 0.25) is 0 Å². The summed E-state index contributed by atoms with van der Waals surface area (Å²) in [5.41, 5.74) is 6.57. The van der Waals surface area contributed by atoms with Crippen LogP contribution < -0.4 is 5.73 Å². The second-order valence-electron chi connectivity index (χ2n) is 3.28. The molecule has 0 atom stereocenters. The molecular weight excluding hydrogens is 178 g/mol. The lowest BCUT2D eigenvalue weighted by atomic mass is 10.3. The molecule has 0 saturated carbocycles. The first-order valence-electron chi connectivity index (χ1n) is 4.61. The van der Waals surface area contributed by atoms with E-state index in [1.807, 2.05) is 19.2 Å². The van der Waals surface area contributed by atoms with Crippen molar-refractivity contribution >= 4 is 5.82 Å². The number of aromatic nitrogens is 1. The highest BCUT2D eigenvalue weighted by Gasteiger charge is 2.00. The molecule has 0 aliphatic carbocycles. The quantitative estimate of drug-likeness (QED) is 0.753. The third-order valence-electron chi connectivity index (χ3n) is 1.94. The average molecular weight is 195 g/mol. The number of ether oxygens (including phenoxy) is 1. The van der Waals surface area contributed by atoms with Gasteiger partial charge in [0, 0.05) is 20.2 Å². The van der Waals surface area contributed by atoms with Gasteiger partial charge in [-0.1, -0.05) is 6.07 Å². The minimum absolute atomic E-state index is 0.572. The van der Waals surface area contributed by atoms with Gasteiger partial charge in [0.15, 0.2) is 0 Å². The number of nitrogens with two attached hydrogens (primary N) is 1. The van der Waals surface area contributed by atoms with Crippen LogP contribution in [-0.2, 0) is 11.3 Å². The second kappa shape index (κ2) is 5.57. The zero-order valence-electron chi connectivity index (χ0n) is 8.73. The van der Waals surface area contributed by atoms with E-state index in [-0.39, 0.29) is 0 Å². The van der Waals surface area contributed by atoms with Gasteiger partial charge in [-0.2, -0.15) is 0 Å². The molecule has 0 radical (unpaired) electrons. The summed E-state index contributed by atoms with van der Waals surface area (Å²) in [5.74, 6) is 0.572. The molecular formula is C10H17N3O. The Hall–Kier alpha value is -1.13. The van der Waals surface area contributed by atoms with E-state index >= 15 is 0 Å². The number of anilines is 1. The molecule has 4 nitrogen and oxygen atoms in total. The Morgan fingerprint density at radius 1 is 1.50 bits per heavy atom. The number of hydrogen-bond donors (Lipinski definition) is 1. The summed E-state index contributed by atoms with van der Waals surface area (Å²) in [5, 5.41) is 0. The molecule has 0 amide bonds. The van der Waals surface area contributed by atoms with Crippen LogP contribution in [0.2, 0.25) is 0 Å². The molecule has 1 rings (SSSR count). The highest BCUT2D eigenvalue weighted by molar-refractivity contribution is 5.28. The molecule has 0 unspecified atom stereocenters. The molecule has 0 bridgehead atoms. The highest BCUT2D eigenvalue weighted by Crippen LogP contribution is 2.02. The number of methoxy groups -OCH3 is 1. The fraction of sp³-hybridized carbons (Fsp3) is 0.500. The van der Waals surface area contributed by atoms with Gasteiger partial charge in [-0.3, -0.25) is 4.90 Å². The Bertz CT molecular complexity index is 278. The third-order valence-corrected chi connectivity index (χ3v) is 1.94. The van der Waals surface area contributed by atoms with Gasteiger partial charge in [-0.25, -0.2) is 4.98 Å². The van der Waals surface area contributed by atoms with Crippen LogP contribution in [0.5, 0.6) is 0 Å². The van der Waals surface area contributed by atoms with Crippen molar-refractivity contribution in [2.24, 2.45) is 0 Å². The van der Waals surface area contributed by atoms with Crippen molar-refractivity contribution in [3.05, 3.63) is 23.9 Å². The molecule has 0 spiro atoms. The van der Waals surface area contributed by atoms with Crippen LogP contribution in [0.4, 0.5) is 5.82 Å². The van der Waals surface area contributed by atoms with Gasteiger partial charge in [-0.15, -0.1) is 0 Å². The molecule has 0 aliphatic heterocycles. The van der Waals surface area contributed by atoms with Crippen LogP contribution in [0.15, 0.2) is 18.2 Å². The van der Waals surface area contributed by atoms with Crippen molar-refractivity contribution in [2.75, 3.05) is 33.0 Å². The maximum absolute atomic E-state index is 5.58. The Kier molecular flexibility index (Phi) is 4.35. The van der Waals surface area contributed by atoms with Crippen LogP contribution in [0.25, 0.3) is 0 Å². The van der Waals surface area contributed by atoms with Gasteiger partial charge >= 0.3 is 0 Å². The first-order chi connectivity index (χ1) is 6.72. The zero-order chi connectivity index (χ0) is 10.4. The van der Waals surface area contributed by atoms with Crippen molar-refractivity contribution in [1.82, 2.24) is 9.88 Å². The third kappa shape index (κ3) is 3.72. The molecule has 0 aliphatic rings. The van der Waals surface area contributed by atoms with Crippen LogP contribution >= 0.6 is 0 Å². The first-order valence-corrected chi connectivity index (χ1v) is 4.61. The van der Waals surface area contributed by atoms with E-state index in [0.717, 1.165) is 25.4 Å². The van der Waals surface area contributed by atoms with Crippen LogP contribution in [-0.4, -0.2) is 37.2 Å². The molecule has 1 aromatic rings. The normalized spacial score (nSPS) is 10.8. The summed E-state index contributed by atoms with van der Waals surface area (Å²) in [4.78, 5) is 6.36. The van der Waals surface area contributed by atoms with Gasteiger partial charge in [0.25, 0.3) is 0 Å². The Labute approximate surface area is 84.7 Å². The predicted octanol–water partition coefficient (Wildman–Crippen LogP) is 0.742. The van der Waals surface area contributed by atoms with E-state index in [4.69, 9.17) is 10.5 Å². The molecule has 0 saturated heterocycles. The van der Waals surface area contributed by atoms with Gasteiger partial charge in [0.1, 0.15) is 5.82 Å². The number of hydrogen-bond acceptors (Lipinski definition) is 4. The zero-order valence-corrected chi connectivity index (χ0v) is 8.73. The summed E-state index contributed by atoms with van der Waals surface area (Å²) >= 11 is 0. The number of likely N-dealkylation sites (N-methyl/N-ethyl adjacent to an activating group) is 1. The molecule has 0 aromatic carbocycles. The molecule has 1 heterocycles. The first kappa shape index (κ1) is 10.9. The summed E-state index contributed by atoms with van der Waals surface area (Å²) in [7, 11) is 3.73. The SMILES string of the molecule is COCCN(C)Cc1cccc(N)n1. The van der Waals surface area contributed by atoms with Crippen LogP contribution in [0, 0.1) is 0 Å². The fourth-order valence-corrected chi connectivity index (χ4v) is 1.19. The standard InChI is InChI=1S/C10H17N3O/c1-13(6-7-14-2)8-9-4-3-5-10(11)12-9/h3-5H,6-8H2,1-2H3,(H2,11,12). The highest BCUT2D eigenvalue weighted by atomic mass is 16.5. The van der Waals surface area contributed by atoms with E-state index in [1.54, 1.807) is 13.2 Å². The van der Waals surface area contributed by atoms with Crippen molar-refractivity contribution in [3.63, 3.8) is 0 Å².